The molecule has 3 saturated carbocycles. The van der Waals surface area contributed by atoms with Gasteiger partial charge in [-0.15, -0.1) is 0 Å². The van der Waals surface area contributed by atoms with Gasteiger partial charge in [-0.05, 0) is 0 Å². The molecule has 5 nitrogen and oxygen atoms in total. The van der Waals surface area contributed by atoms with Gasteiger partial charge in [0.2, 0.25) is 0 Å². The van der Waals surface area contributed by atoms with E-state index >= 15 is 0 Å². The van der Waals surface area contributed by atoms with Crippen molar-refractivity contribution in [3.8, 4) is 0 Å². The molecule has 4 aliphatic carbocycles. The Hall–Kier alpha value is 0.0787. The third-order valence-electron chi connectivity index (χ3n) is 12.8. The molecule has 5 atom stereocenters. The molecule has 5 fully saturated rings. The first-order valence-corrected chi connectivity index (χ1v) is 25.7. The first-order valence-electron chi connectivity index (χ1n) is 18.0. The molecule has 0 aromatic heterocycles. The van der Waals surface area contributed by atoms with Crippen LogP contribution in [0.4, 0.5) is 0 Å². The minimum atomic E-state index is -2.49. The molecular weight excluding hydrogens is 631 g/mol. The SMILES string of the molecule is CCC[CH2][Sn](/[CH]=C\[C@H]1C[C@@]2(C)[C@@H](CCC23OCCO3)[C@@H]2CC[C@@]3(O)CC4(CCC3=C21)OCCO4)([CH2]CCC)[CH2]CCC. The molecule has 0 amide bonds. The molecule has 6 aliphatic rings. The summed E-state index contributed by atoms with van der Waals surface area (Å²) < 4.78 is 32.9. The van der Waals surface area contributed by atoms with Crippen LogP contribution in [-0.4, -0.2) is 67.1 Å². The van der Waals surface area contributed by atoms with Gasteiger partial charge in [0, 0.05) is 0 Å². The average molecular weight is 692 g/mol. The third kappa shape index (κ3) is 5.54. The quantitative estimate of drug-likeness (QED) is 0.174. The van der Waals surface area contributed by atoms with Crippen LogP contribution in [0.25, 0.3) is 0 Å². The molecule has 0 bridgehead atoms. The summed E-state index contributed by atoms with van der Waals surface area (Å²) in [6.45, 7) is 12.4. The van der Waals surface area contributed by atoms with Gasteiger partial charge >= 0.3 is 261 Å². The van der Waals surface area contributed by atoms with E-state index in [9.17, 15) is 5.11 Å². The summed E-state index contributed by atoms with van der Waals surface area (Å²) in [7, 11) is 0. The van der Waals surface area contributed by atoms with E-state index in [1.807, 2.05) is 0 Å². The summed E-state index contributed by atoms with van der Waals surface area (Å²) in [5.41, 5.74) is 2.21. The van der Waals surface area contributed by atoms with Crippen molar-refractivity contribution in [3.05, 3.63) is 21.3 Å². The van der Waals surface area contributed by atoms with Gasteiger partial charge in [-0.2, -0.15) is 0 Å². The Morgan fingerprint density at radius 3 is 2.07 bits per heavy atom. The first-order chi connectivity index (χ1) is 20.3. The summed E-state index contributed by atoms with van der Waals surface area (Å²) in [4.78, 5) is 0. The van der Waals surface area contributed by atoms with E-state index in [0.29, 0.717) is 37.4 Å². The van der Waals surface area contributed by atoms with Gasteiger partial charge in [-0.1, -0.05) is 0 Å². The van der Waals surface area contributed by atoms with Crippen LogP contribution in [0.15, 0.2) is 21.3 Å². The van der Waals surface area contributed by atoms with Crippen molar-refractivity contribution in [3.63, 3.8) is 0 Å². The fourth-order valence-electron chi connectivity index (χ4n) is 10.7. The molecule has 238 valence electrons. The Morgan fingerprint density at radius 1 is 0.833 bits per heavy atom. The summed E-state index contributed by atoms with van der Waals surface area (Å²) in [6, 6.07) is 0. The molecule has 42 heavy (non-hydrogen) atoms. The molecule has 2 aliphatic heterocycles. The fourth-order valence-corrected chi connectivity index (χ4v) is 25.1. The summed E-state index contributed by atoms with van der Waals surface area (Å²) >= 11 is -2.49. The van der Waals surface area contributed by atoms with Gasteiger partial charge in [0.15, 0.2) is 0 Å². The Bertz CT molecular complexity index is 988. The molecule has 6 heteroatoms. The van der Waals surface area contributed by atoms with E-state index in [2.05, 4.69) is 37.9 Å². The monoisotopic (exact) mass is 692 g/mol. The maximum absolute atomic E-state index is 12.4. The molecule has 6 rings (SSSR count). The molecule has 1 N–H and O–H groups in total. The number of aliphatic hydroxyl groups is 1. The van der Waals surface area contributed by atoms with Gasteiger partial charge in [-0.25, -0.2) is 0 Å². The van der Waals surface area contributed by atoms with Gasteiger partial charge in [0.25, 0.3) is 0 Å². The third-order valence-corrected chi connectivity index (χ3v) is 27.0. The summed E-state index contributed by atoms with van der Waals surface area (Å²) in [6.07, 6.45) is 18.4. The van der Waals surface area contributed by atoms with Gasteiger partial charge in [-0.3, -0.25) is 0 Å². The van der Waals surface area contributed by atoms with Gasteiger partial charge in [0.05, 0.1) is 0 Å². The van der Waals surface area contributed by atoms with Gasteiger partial charge < -0.3 is 0 Å². The van der Waals surface area contributed by atoms with E-state index in [4.69, 9.17) is 18.9 Å². The number of hydrogen-bond acceptors (Lipinski definition) is 5. The number of hydrogen-bond donors (Lipinski definition) is 1. The van der Waals surface area contributed by atoms with Crippen molar-refractivity contribution in [2.75, 3.05) is 26.4 Å². The predicted molar refractivity (Wildman–Crippen MR) is 171 cm³/mol. The second-order valence-corrected chi connectivity index (χ2v) is 28.3. The topological polar surface area (TPSA) is 57.2 Å². The number of fused-ring (bicyclic) bond motifs is 5. The Balaban J connectivity index is 1.41. The second-order valence-electron chi connectivity index (χ2n) is 15.3. The van der Waals surface area contributed by atoms with Crippen molar-refractivity contribution >= 4 is 18.4 Å². The Morgan fingerprint density at radius 2 is 1.45 bits per heavy atom. The normalized spacial score (nSPS) is 37.1. The van der Waals surface area contributed by atoms with Crippen LogP contribution in [0.2, 0.25) is 13.3 Å². The average Bonchev–Trinajstić information content (AvgIpc) is 3.72. The maximum atomic E-state index is 12.4. The molecule has 2 spiro atoms. The molecule has 0 aromatic carbocycles. The van der Waals surface area contributed by atoms with Crippen LogP contribution in [0.1, 0.15) is 118 Å². The number of rotatable bonds is 11. The van der Waals surface area contributed by atoms with Crippen LogP contribution < -0.4 is 0 Å². The zero-order chi connectivity index (χ0) is 29.5. The molecule has 0 aromatic rings. The first kappa shape index (κ1) is 32.0. The number of unbranched alkanes of at least 4 members (excludes halogenated alkanes) is 3. The van der Waals surface area contributed by atoms with E-state index < -0.39 is 35.6 Å². The van der Waals surface area contributed by atoms with E-state index in [-0.39, 0.29) is 5.41 Å². The zero-order valence-corrected chi connectivity index (χ0v) is 30.2. The van der Waals surface area contributed by atoms with Crippen LogP contribution >= 0.6 is 0 Å². The van der Waals surface area contributed by atoms with Crippen molar-refractivity contribution in [1.29, 1.82) is 0 Å². The molecular formula is C36H60O5Sn. The Labute approximate surface area is 260 Å². The van der Waals surface area contributed by atoms with Crippen molar-refractivity contribution in [2.45, 2.75) is 148 Å². The standard InChI is InChI=1S/C24H33O5.3C4H9.Sn/c1-3-16-14-21(2)18(6-9-24(21)28-12-13-29-24)17-4-7-22(25)15-23(26-10-11-27-23)8-5-19(22)20(16)17;3*1-3-4-2;/h1,3,16-18,25H,4-15H2,2H3;3*1,3-4H2,2H3;/t16-,17-,18-,21-,22+;;;;/m0..../s1. The van der Waals surface area contributed by atoms with Crippen molar-refractivity contribution < 1.29 is 24.1 Å². The predicted octanol–water partition coefficient (Wildman–Crippen LogP) is 8.47. The molecule has 2 heterocycles. The second kappa shape index (κ2) is 12.7. The fraction of sp³-hybridized carbons (Fsp3) is 0.889. The minimum absolute atomic E-state index is 0.0185. The van der Waals surface area contributed by atoms with Gasteiger partial charge in [0.1, 0.15) is 0 Å². The van der Waals surface area contributed by atoms with E-state index in [0.717, 1.165) is 51.7 Å². The van der Waals surface area contributed by atoms with E-state index in [1.165, 1.54) is 63.8 Å². The van der Waals surface area contributed by atoms with Crippen LogP contribution in [0, 0.1) is 23.2 Å². The summed E-state index contributed by atoms with van der Waals surface area (Å²) in [5.74, 6) is 0.474. The van der Waals surface area contributed by atoms with E-state index in [1.54, 1.807) is 5.57 Å². The number of ether oxygens (including phenoxy) is 4. The van der Waals surface area contributed by atoms with Crippen LogP contribution in [-0.2, 0) is 18.9 Å². The number of allylic oxidation sites excluding steroid dienone is 2. The zero-order valence-electron chi connectivity index (χ0n) is 27.3. The van der Waals surface area contributed by atoms with Crippen LogP contribution in [0.3, 0.4) is 0 Å². The molecule has 2 saturated heterocycles. The molecule has 0 unspecified atom stereocenters. The Kier molecular flexibility index (Phi) is 9.69. The van der Waals surface area contributed by atoms with Crippen molar-refractivity contribution in [2.24, 2.45) is 23.2 Å². The summed E-state index contributed by atoms with van der Waals surface area (Å²) in [5, 5.41) is 12.4. The van der Waals surface area contributed by atoms with Crippen LogP contribution in [0.5, 0.6) is 0 Å². The molecule has 0 radical (unpaired) electrons. The van der Waals surface area contributed by atoms with Crippen molar-refractivity contribution in [1.82, 2.24) is 0 Å².